The Hall–Kier alpha value is -0.930. The molecule has 0 aliphatic carbocycles. The van der Waals surface area contributed by atoms with Gasteiger partial charge in [-0.2, -0.15) is 0 Å². The lowest BCUT2D eigenvalue weighted by atomic mass is 10.1. The van der Waals surface area contributed by atoms with Gasteiger partial charge in [0.1, 0.15) is 0 Å². The van der Waals surface area contributed by atoms with E-state index in [1.807, 2.05) is 30.3 Å². The molecule has 1 unspecified atom stereocenters. The van der Waals surface area contributed by atoms with Gasteiger partial charge in [0.05, 0.1) is 6.10 Å². The van der Waals surface area contributed by atoms with Gasteiger partial charge in [-0.3, -0.25) is 0 Å². The molecule has 1 atom stereocenters. The van der Waals surface area contributed by atoms with Gasteiger partial charge in [-0.25, -0.2) is 0 Å². The molecule has 0 bridgehead atoms. The number of aliphatic hydroxyl groups is 1. The van der Waals surface area contributed by atoms with Crippen molar-refractivity contribution in [2.45, 2.75) is 12.5 Å². The molecule has 0 aliphatic rings. The second-order valence-electron chi connectivity index (χ2n) is 2.52. The topological polar surface area (TPSA) is 37.3 Å². The van der Waals surface area contributed by atoms with Gasteiger partial charge in [-0.15, -0.1) is 0 Å². The second kappa shape index (κ2) is 4.18. The van der Waals surface area contributed by atoms with Gasteiger partial charge in [-0.05, 0) is 5.56 Å². The summed E-state index contributed by atoms with van der Waals surface area (Å²) in [6, 6.07) is 9.29. The van der Waals surface area contributed by atoms with E-state index in [1.54, 1.807) is 0 Å². The average molecular weight is 181 g/mol. The summed E-state index contributed by atoms with van der Waals surface area (Å²) in [4.78, 5) is 10.5. The Morgan fingerprint density at radius 3 is 2.50 bits per heavy atom. The van der Waals surface area contributed by atoms with Crippen LogP contribution in [0.5, 0.6) is 0 Å². The predicted octanol–water partition coefficient (Wildman–Crippen LogP) is 0.663. The summed E-state index contributed by atoms with van der Waals surface area (Å²) in [7, 11) is 0. The maximum absolute atomic E-state index is 10.5. The highest BCUT2D eigenvalue weighted by atomic mass is 32.1. The van der Waals surface area contributed by atoms with Crippen molar-refractivity contribution in [2.75, 3.05) is 0 Å². The second-order valence-corrected chi connectivity index (χ2v) is 2.93. The first-order valence-electron chi connectivity index (χ1n) is 3.63. The van der Waals surface area contributed by atoms with Gasteiger partial charge in [0, 0.05) is 11.5 Å². The fourth-order valence-corrected chi connectivity index (χ4v) is 1.00. The Bertz CT molecular complexity index is 258. The minimum atomic E-state index is -1.04. The monoisotopic (exact) mass is 181 g/mol. The van der Waals surface area contributed by atoms with E-state index in [9.17, 15) is 4.79 Å². The first-order valence-corrected chi connectivity index (χ1v) is 4.04. The van der Waals surface area contributed by atoms with E-state index in [1.165, 1.54) is 0 Å². The van der Waals surface area contributed by atoms with Crippen molar-refractivity contribution in [3.63, 3.8) is 0 Å². The maximum Gasteiger partial charge on any atom is 0.0946 e. The number of hydrogen-bond donors (Lipinski definition) is 1. The van der Waals surface area contributed by atoms with E-state index < -0.39 is 11.2 Å². The van der Waals surface area contributed by atoms with Crippen molar-refractivity contribution in [3.8, 4) is 0 Å². The van der Waals surface area contributed by atoms with Crippen LogP contribution in [-0.4, -0.2) is 16.3 Å². The highest BCUT2D eigenvalue weighted by Gasteiger charge is 2.03. The minimum absolute atomic E-state index is 0.309. The van der Waals surface area contributed by atoms with Crippen LogP contribution in [0.1, 0.15) is 5.56 Å². The molecule has 0 aliphatic heterocycles. The zero-order valence-corrected chi connectivity index (χ0v) is 7.25. The van der Waals surface area contributed by atoms with Crippen molar-refractivity contribution >= 4 is 17.7 Å². The molecule has 1 aromatic rings. The van der Waals surface area contributed by atoms with E-state index in [-0.39, 0.29) is 0 Å². The number of carbonyl (C=O) groups excluding carboxylic acids is 1. The number of carbonyl (C=O) groups is 1. The van der Waals surface area contributed by atoms with Crippen LogP contribution in [-0.2, 0) is 23.8 Å². The van der Waals surface area contributed by atoms with E-state index in [4.69, 9.17) is 5.11 Å². The number of rotatable bonds is 3. The molecule has 0 amide bonds. The molecule has 0 fully saturated rings. The third-order valence-electron chi connectivity index (χ3n) is 1.54. The molecule has 0 saturated carbocycles. The van der Waals surface area contributed by atoms with Gasteiger partial charge in [0.2, 0.25) is 0 Å². The van der Waals surface area contributed by atoms with Crippen LogP contribution in [0.15, 0.2) is 30.3 Å². The van der Waals surface area contributed by atoms with E-state index in [2.05, 4.69) is 12.6 Å². The highest BCUT2D eigenvalue weighted by molar-refractivity contribution is 7.77. The maximum atomic E-state index is 10.5. The summed E-state index contributed by atoms with van der Waals surface area (Å²) in [5.41, 5.74) is 0.920. The first kappa shape index (κ1) is 9.16. The zero-order chi connectivity index (χ0) is 8.97. The molecule has 1 rings (SSSR count). The first-order chi connectivity index (χ1) is 5.70. The molecule has 1 N–H and O–H groups in total. The minimum Gasteiger partial charge on any atom is -0.739 e. The average Bonchev–Trinajstić information content (AvgIpc) is 2.06. The number of hydrogen-bond acceptors (Lipinski definition) is 3. The van der Waals surface area contributed by atoms with Crippen molar-refractivity contribution in [1.82, 2.24) is 0 Å². The number of benzene rings is 1. The van der Waals surface area contributed by atoms with Crippen molar-refractivity contribution in [3.05, 3.63) is 35.9 Å². The molecular weight excluding hydrogens is 172 g/mol. The normalized spacial score (nSPS) is 12.4. The molecule has 64 valence electrons. The van der Waals surface area contributed by atoms with Crippen LogP contribution in [0, 0.1) is 0 Å². The summed E-state index contributed by atoms with van der Waals surface area (Å²) < 4.78 is 0. The quantitative estimate of drug-likeness (QED) is 0.696. The molecule has 3 heteroatoms. The lowest BCUT2D eigenvalue weighted by molar-refractivity contribution is -0.118. The lowest BCUT2D eigenvalue weighted by Crippen LogP contribution is -2.20. The predicted molar refractivity (Wildman–Crippen MR) is 48.5 cm³/mol. The van der Waals surface area contributed by atoms with E-state index in [0.717, 1.165) is 5.56 Å². The Labute approximate surface area is 76.6 Å². The van der Waals surface area contributed by atoms with Crippen LogP contribution in [0.3, 0.4) is 0 Å². The van der Waals surface area contributed by atoms with E-state index in [0.29, 0.717) is 6.42 Å². The summed E-state index contributed by atoms with van der Waals surface area (Å²) in [6.45, 7) is 0. The van der Waals surface area contributed by atoms with Gasteiger partial charge in [0.25, 0.3) is 0 Å². The van der Waals surface area contributed by atoms with Crippen LogP contribution in [0.2, 0.25) is 0 Å². The Kier molecular flexibility index (Phi) is 3.19. The van der Waals surface area contributed by atoms with Crippen molar-refractivity contribution in [2.24, 2.45) is 0 Å². The van der Waals surface area contributed by atoms with Crippen molar-refractivity contribution in [1.29, 1.82) is 0 Å². The fraction of sp³-hybridized carbons (Fsp3) is 0.222. The molecule has 0 radical (unpaired) electrons. The molecule has 0 aromatic heterocycles. The molecule has 12 heavy (non-hydrogen) atoms. The third-order valence-corrected chi connectivity index (χ3v) is 1.82. The summed E-state index contributed by atoms with van der Waals surface area (Å²) in [6.07, 6.45) is -0.731. The summed E-state index contributed by atoms with van der Waals surface area (Å²) >= 11 is 4.31. The molecule has 0 saturated heterocycles. The smallest absolute Gasteiger partial charge is 0.0946 e. The van der Waals surface area contributed by atoms with Crippen LogP contribution >= 0.6 is 0 Å². The van der Waals surface area contributed by atoms with Gasteiger partial charge >= 0.3 is 0 Å². The van der Waals surface area contributed by atoms with Crippen molar-refractivity contribution < 1.29 is 9.90 Å². The number of aliphatic hydroxyl groups excluding tert-OH is 1. The van der Waals surface area contributed by atoms with Crippen LogP contribution in [0.4, 0.5) is 0 Å². The van der Waals surface area contributed by atoms with Crippen LogP contribution in [0.25, 0.3) is 0 Å². The molecule has 2 nitrogen and oxygen atoms in total. The largest absolute Gasteiger partial charge is 0.739 e. The van der Waals surface area contributed by atoms with E-state index >= 15 is 0 Å². The highest BCUT2D eigenvalue weighted by Crippen LogP contribution is 2.02. The Balaban J connectivity index is 2.58. The Morgan fingerprint density at radius 1 is 1.42 bits per heavy atom. The Morgan fingerprint density at radius 2 is 2.00 bits per heavy atom. The third kappa shape index (κ3) is 2.60. The summed E-state index contributed by atoms with van der Waals surface area (Å²) in [5, 5.41) is 8.53. The molecular formula is C9H9O2S-. The standard InChI is InChI=1S/C9H10O2S/c10-8(9(11)12)6-7-4-2-1-3-5-7/h1-5,8,10H,6H2,(H,11,12)/p-1. The zero-order valence-electron chi connectivity index (χ0n) is 6.43. The molecule has 0 spiro atoms. The van der Waals surface area contributed by atoms with Gasteiger partial charge < -0.3 is 22.5 Å². The molecule has 0 heterocycles. The van der Waals surface area contributed by atoms with Gasteiger partial charge in [0.15, 0.2) is 0 Å². The van der Waals surface area contributed by atoms with Gasteiger partial charge in [-0.1, -0.05) is 30.3 Å². The summed E-state index contributed by atoms with van der Waals surface area (Å²) in [5.74, 6) is 0. The fourth-order valence-electron chi connectivity index (χ4n) is 0.921. The molecule has 1 aromatic carbocycles. The SMILES string of the molecule is O=C([S-])C(O)Cc1ccccc1. The lowest BCUT2D eigenvalue weighted by Gasteiger charge is -2.12. The van der Waals surface area contributed by atoms with Crippen LogP contribution < -0.4 is 0 Å².